The van der Waals surface area contributed by atoms with Crippen LogP contribution in [0, 0.1) is 12.3 Å². The van der Waals surface area contributed by atoms with Crippen LogP contribution in [0.2, 0.25) is 0 Å². The lowest BCUT2D eigenvalue weighted by Crippen LogP contribution is -2.40. The fourth-order valence-corrected chi connectivity index (χ4v) is 5.23. The van der Waals surface area contributed by atoms with E-state index in [2.05, 4.69) is 30.7 Å². The molecule has 0 saturated heterocycles. The van der Waals surface area contributed by atoms with Crippen molar-refractivity contribution < 1.29 is 0 Å². The number of terminal acetylenes is 1. The molecule has 0 amide bonds. The third kappa shape index (κ3) is 2.62. The standard InChI is InChI=1S/C22H22N2OS/c1-3-13-24-20(25)18-19(23-21(24)26-14-4-2)17-10-6-5-9-16(17)15-22(18)11-7-8-12-22/h2-3,5-6,9-10H,1,7-8,11-15H2. The highest BCUT2D eigenvalue weighted by atomic mass is 32.2. The quantitative estimate of drug-likeness (QED) is 0.354. The number of rotatable bonds is 4. The molecular weight excluding hydrogens is 340 g/mol. The number of benzene rings is 1. The second-order valence-corrected chi connectivity index (χ2v) is 8.08. The molecule has 1 heterocycles. The summed E-state index contributed by atoms with van der Waals surface area (Å²) in [5, 5.41) is 0.691. The summed E-state index contributed by atoms with van der Waals surface area (Å²) in [6, 6.07) is 8.39. The van der Waals surface area contributed by atoms with Crippen LogP contribution >= 0.6 is 11.8 Å². The van der Waals surface area contributed by atoms with Gasteiger partial charge in [0.25, 0.3) is 5.56 Å². The van der Waals surface area contributed by atoms with E-state index in [1.165, 1.54) is 30.2 Å². The second-order valence-electron chi connectivity index (χ2n) is 7.14. The lowest BCUT2D eigenvalue weighted by molar-refractivity contribution is 0.418. The van der Waals surface area contributed by atoms with Crippen molar-refractivity contribution in [3.63, 3.8) is 0 Å². The Morgan fingerprint density at radius 3 is 2.85 bits per heavy atom. The molecule has 0 N–H and O–H groups in total. The van der Waals surface area contributed by atoms with E-state index in [-0.39, 0.29) is 11.0 Å². The van der Waals surface area contributed by atoms with Gasteiger partial charge in [-0.2, -0.15) is 0 Å². The predicted molar refractivity (Wildman–Crippen MR) is 108 cm³/mol. The van der Waals surface area contributed by atoms with Crippen LogP contribution in [0.1, 0.15) is 36.8 Å². The van der Waals surface area contributed by atoms with Crippen molar-refractivity contribution in [1.82, 2.24) is 9.55 Å². The Balaban J connectivity index is 2.02. The number of hydrogen-bond acceptors (Lipinski definition) is 3. The van der Waals surface area contributed by atoms with Crippen LogP contribution in [0.15, 0.2) is 46.9 Å². The molecule has 1 aromatic heterocycles. The van der Waals surface area contributed by atoms with Gasteiger partial charge in [0.15, 0.2) is 5.16 Å². The highest BCUT2D eigenvalue weighted by molar-refractivity contribution is 7.99. The summed E-state index contributed by atoms with van der Waals surface area (Å²) >= 11 is 1.45. The van der Waals surface area contributed by atoms with Gasteiger partial charge in [-0.15, -0.1) is 13.0 Å². The molecule has 132 valence electrons. The molecule has 4 rings (SSSR count). The van der Waals surface area contributed by atoms with Crippen LogP contribution in [0.3, 0.4) is 0 Å². The first-order chi connectivity index (χ1) is 12.7. The van der Waals surface area contributed by atoms with Crippen molar-refractivity contribution in [2.75, 3.05) is 5.75 Å². The maximum atomic E-state index is 13.6. The van der Waals surface area contributed by atoms with Gasteiger partial charge in [0, 0.05) is 17.5 Å². The average molecular weight is 362 g/mol. The molecule has 0 bridgehead atoms. The summed E-state index contributed by atoms with van der Waals surface area (Å²) < 4.78 is 1.75. The smallest absolute Gasteiger partial charge is 0.258 e. The minimum Gasteiger partial charge on any atom is -0.283 e. The molecule has 3 nitrogen and oxygen atoms in total. The molecule has 1 saturated carbocycles. The summed E-state index contributed by atoms with van der Waals surface area (Å²) in [7, 11) is 0. The number of aromatic nitrogens is 2. The number of fused-ring (bicyclic) bond motifs is 4. The van der Waals surface area contributed by atoms with Crippen LogP contribution in [0.25, 0.3) is 11.3 Å². The van der Waals surface area contributed by atoms with Gasteiger partial charge in [0.05, 0.1) is 17.0 Å². The van der Waals surface area contributed by atoms with Crippen molar-refractivity contribution in [2.45, 2.75) is 49.2 Å². The topological polar surface area (TPSA) is 34.9 Å². The summed E-state index contributed by atoms with van der Waals surface area (Å²) in [6.45, 7) is 4.28. The zero-order valence-electron chi connectivity index (χ0n) is 14.8. The predicted octanol–water partition coefficient (Wildman–Crippen LogP) is 4.19. The first kappa shape index (κ1) is 17.2. The lowest BCUT2D eigenvalue weighted by Gasteiger charge is -2.36. The van der Waals surface area contributed by atoms with Gasteiger partial charge in [-0.1, -0.05) is 60.9 Å². The maximum absolute atomic E-state index is 13.6. The summed E-state index contributed by atoms with van der Waals surface area (Å²) in [5.41, 5.74) is 4.23. The number of allylic oxidation sites excluding steroid dienone is 1. The highest BCUT2D eigenvalue weighted by Gasteiger charge is 2.44. The van der Waals surface area contributed by atoms with Gasteiger partial charge in [0.1, 0.15) is 0 Å². The van der Waals surface area contributed by atoms with E-state index >= 15 is 0 Å². The van der Waals surface area contributed by atoms with E-state index in [4.69, 9.17) is 11.4 Å². The SMILES string of the molecule is C#CCSc1nc2c(c(=O)n1CC=C)C1(CCCC1)Cc1ccccc1-2. The molecule has 0 unspecified atom stereocenters. The van der Waals surface area contributed by atoms with Crippen molar-refractivity contribution in [1.29, 1.82) is 0 Å². The third-order valence-electron chi connectivity index (χ3n) is 5.62. The maximum Gasteiger partial charge on any atom is 0.258 e. The molecule has 2 aromatic rings. The van der Waals surface area contributed by atoms with Crippen LogP contribution in [-0.4, -0.2) is 15.3 Å². The minimum absolute atomic E-state index is 0.0635. The van der Waals surface area contributed by atoms with Crippen LogP contribution in [-0.2, 0) is 18.4 Å². The van der Waals surface area contributed by atoms with Crippen molar-refractivity contribution in [3.8, 4) is 23.6 Å². The number of thioether (sulfide) groups is 1. The number of hydrogen-bond donors (Lipinski definition) is 0. The molecule has 1 fully saturated rings. The Bertz CT molecular complexity index is 961. The Kier molecular flexibility index (Phi) is 4.50. The molecule has 1 spiro atoms. The van der Waals surface area contributed by atoms with Gasteiger partial charge in [-0.05, 0) is 24.8 Å². The second kappa shape index (κ2) is 6.81. The monoisotopic (exact) mass is 362 g/mol. The van der Waals surface area contributed by atoms with Crippen LogP contribution in [0.5, 0.6) is 0 Å². The summed E-state index contributed by atoms with van der Waals surface area (Å²) in [6.07, 6.45) is 12.6. The number of nitrogens with zero attached hydrogens (tertiary/aromatic N) is 2. The first-order valence-electron chi connectivity index (χ1n) is 9.11. The molecule has 2 aliphatic carbocycles. The Morgan fingerprint density at radius 1 is 1.35 bits per heavy atom. The fourth-order valence-electron chi connectivity index (χ4n) is 4.55. The van der Waals surface area contributed by atoms with E-state index in [9.17, 15) is 4.79 Å². The lowest BCUT2D eigenvalue weighted by atomic mass is 9.68. The zero-order valence-corrected chi connectivity index (χ0v) is 15.6. The van der Waals surface area contributed by atoms with Gasteiger partial charge in [-0.25, -0.2) is 4.98 Å². The molecule has 0 atom stereocenters. The zero-order chi connectivity index (χ0) is 18.1. The summed E-state index contributed by atoms with van der Waals surface area (Å²) in [4.78, 5) is 18.5. The highest BCUT2D eigenvalue weighted by Crippen LogP contribution is 2.49. The van der Waals surface area contributed by atoms with Gasteiger partial charge < -0.3 is 0 Å². The van der Waals surface area contributed by atoms with Gasteiger partial charge >= 0.3 is 0 Å². The van der Waals surface area contributed by atoms with Crippen molar-refractivity contribution in [2.24, 2.45) is 0 Å². The van der Waals surface area contributed by atoms with E-state index in [0.717, 1.165) is 36.1 Å². The fraction of sp³-hybridized carbons (Fsp3) is 0.364. The van der Waals surface area contributed by atoms with Gasteiger partial charge in [0.2, 0.25) is 0 Å². The first-order valence-corrected chi connectivity index (χ1v) is 10.1. The van der Waals surface area contributed by atoms with Crippen molar-refractivity contribution in [3.05, 3.63) is 58.4 Å². The van der Waals surface area contributed by atoms with E-state index in [0.29, 0.717) is 17.5 Å². The largest absolute Gasteiger partial charge is 0.283 e. The Hall–Kier alpha value is -2.25. The van der Waals surface area contributed by atoms with E-state index in [1.807, 2.05) is 6.07 Å². The van der Waals surface area contributed by atoms with Crippen molar-refractivity contribution >= 4 is 11.8 Å². The van der Waals surface area contributed by atoms with E-state index in [1.54, 1.807) is 10.6 Å². The molecular formula is C22H22N2OS. The average Bonchev–Trinajstić information content (AvgIpc) is 3.11. The Labute approximate surface area is 158 Å². The van der Waals surface area contributed by atoms with Crippen LogP contribution < -0.4 is 5.56 Å². The third-order valence-corrected chi connectivity index (χ3v) is 6.50. The Morgan fingerprint density at radius 2 is 2.12 bits per heavy atom. The normalized spacial score (nSPS) is 16.7. The van der Waals surface area contributed by atoms with Crippen LogP contribution in [0.4, 0.5) is 0 Å². The molecule has 0 aliphatic heterocycles. The molecule has 2 aliphatic rings. The molecule has 0 radical (unpaired) electrons. The minimum atomic E-state index is -0.0635. The summed E-state index contributed by atoms with van der Waals surface area (Å²) in [5.74, 6) is 3.13. The molecule has 4 heteroatoms. The molecule has 1 aromatic carbocycles. The van der Waals surface area contributed by atoms with E-state index < -0.39 is 0 Å². The van der Waals surface area contributed by atoms with Gasteiger partial charge in [-0.3, -0.25) is 9.36 Å². The molecule has 26 heavy (non-hydrogen) atoms.